The van der Waals surface area contributed by atoms with E-state index in [1.807, 2.05) is 0 Å². The maximum Gasteiger partial charge on any atom is 0.283 e. The van der Waals surface area contributed by atoms with Crippen molar-refractivity contribution in [2.75, 3.05) is 4.90 Å². The molecule has 2 aromatic rings. The largest absolute Gasteiger partial charge is 0.283 e. The molecule has 0 aliphatic carbocycles. The van der Waals surface area contributed by atoms with Crippen LogP contribution >= 0.6 is 0 Å². The number of nitro groups is 2. The lowest BCUT2D eigenvalue weighted by atomic mass is 10.1. The predicted octanol–water partition coefficient (Wildman–Crippen LogP) is 2.30. The quantitative estimate of drug-likeness (QED) is 0.486. The van der Waals surface area contributed by atoms with Crippen LogP contribution in [0, 0.1) is 20.2 Å². The number of rotatable bonds is 3. The first-order valence-electron chi connectivity index (χ1n) is 6.32. The van der Waals surface area contributed by atoms with Gasteiger partial charge in [0, 0.05) is 18.2 Å². The van der Waals surface area contributed by atoms with E-state index in [9.17, 15) is 29.8 Å². The highest BCUT2D eigenvalue weighted by Crippen LogP contribution is 2.34. The number of non-ortho nitro benzene ring substituents is 1. The van der Waals surface area contributed by atoms with Crippen molar-refractivity contribution in [3.05, 3.63) is 73.8 Å². The minimum atomic E-state index is -0.828. The first-order valence-corrected chi connectivity index (χ1v) is 6.32. The van der Waals surface area contributed by atoms with Gasteiger partial charge in [0.25, 0.3) is 23.2 Å². The molecule has 0 unspecified atom stereocenters. The predicted molar refractivity (Wildman–Crippen MR) is 77.3 cm³/mol. The second-order valence-corrected chi connectivity index (χ2v) is 4.68. The topological polar surface area (TPSA) is 124 Å². The number of benzene rings is 2. The Kier molecular flexibility index (Phi) is 3.10. The van der Waals surface area contributed by atoms with E-state index in [-0.39, 0.29) is 22.5 Å². The van der Waals surface area contributed by atoms with Crippen LogP contribution in [0.1, 0.15) is 20.7 Å². The normalized spacial score (nSPS) is 13.1. The van der Waals surface area contributed by atoms with Gasteiger partial charge in [-0.3, -0.25) is 29.8 Å². The van der Waals surface area contributed by atoms with E-state index in [1.54, 1.807) is 0 Å². The van der Waals surface area contributed by atoms with Gasteiger partial charge in [-0.1, -0.05) is 6.07 Å². The van der Waals surface area contributed by atoms with Gasteiger partial charge >= 0.3 is 0 Å². The highest BCUT2D eigenvalue weighted by atomic mass is 16.6. The maximum absolute atomic E-state index is 12.4. The molecule has 23 heavy (non-hydrogen) atoms. The molecule has 0 spiro atoms. The summed E-state index contributed by atoms with van der Waals surface area (Å²) < 4.78 is 0. The van der Waals surface area contributed by atoms with Crippen LogP contribution in [0.25, 0.3) is 0 Å². The summed E-state index contributed by atoms with van der Waals surface area (Å²) in [5, 5.41) is 21.7. The number of nitro benzene ring substituents is 2. The maximum atomic E-state index is 12.4. The Balaban J connectivity index is 2.08. The first-order chi connectivity index (χ1) is 10.9. The molecule has 114 valence electrons. The molecule has 0 aromatic heterocycles. The second kappa shape index (κ2) is 4.98. The average Bonchev–Trinajstić information content (AvgIpc) is 2.79. The van der Waals surface area contributed by atoms with Gasteiger partial charge in [0.2, 0.25) is 0 Å². The molecule has 0 saturated heterocycles. The molecular weight excluding hydrogens is 306 g/mol. The van der Waals surface area contributed by atoms with Crippen LogP contribution < -0.4 is 4.90 Å². The number of carbonyl (C=O) groups excluding carboxylic acids is 2. The Labute approximate surface area is 128 Å². The smallest absolute Gasteiger partial charge is 0.268 e. The molecule has 2 aromatic carbocycles. The van der Waals surface area contributed by atoms with Crippen LogP contribution in [0.4, 0.5) is 17.1 Å². The fourth-order valence-corrected chi connectivity index (χ4v) is 2.38. The zero-order valence-corrected chi connectivity index (χ0v) is 11.3. The third-order valence-electron chi connectivity index (χ3n) is 3.41. The third kappa shape index (κ3) is 2.11. The molecule has 0 N–H and O–H groups in total. The number of fused-ring (bicyclic) bond motifs is 1. The van der Waals surface area contributed by atoms with Crippen LogP contribution in [0.15, 0.2) is 42.5 Å². The molecule has 0 atom stereocenters. The third-order valence-corrected chi connectivity index (χ3v) is 3.41. The van der Waals surface area contributed by atoms with Crippen LogP contribution in [0.2, 0.25) is 0 Å². The zero-order chi connectivity index (χ0) is 16.7. The minimum Gasteiger partial charge on any atom is -0.268 e. The van der Waals surface area contributed by atoms with E-state index >= 15 is 0 Å². The van der Waals surface area contributed by atoms with Gasteiger partial charge in [0.1, 0.15) is 5.56 Å². The number of nitrogens with zero attached hydrogens (tertiary/aromatic N) is 3. The number of carbonyl (C=O) groups is 2. The van der Waals surface area contributed by atoms with Gasteiger partial charge in [-0.25, -0.2) is 4.90 Å². The van der Waals surface area contributed by atoms with Crippen molar-refractivity contribution < 1.29 is 19.4 Å². The highest BCUT2D eigenvalue weighted by Gasteiger charge is 2.41. The lowest BCUT2D eigenvalue weighted by molar-refractivity contribution is -0.385. The molecule has 0 radical (unpaired) electrons. The van der Waals surface area contributed by atoms with Crippen molar-refractivity contribution in [2.24, 2.45) is 0 Å². The summed E-state index contributed by atoms with van der Waals surface area (Å²) in [6.07, 6.45) is 0. The van der Waals surface area contributed by atoms with E-state index in [1.165, 1.54) is 24.3 Å². The first kappa shape index (κ1) is 14.3. The van der Waals surface area contributed by atoms with Crippen LogP contribution in [0.3, 0.4) is 0 Å². The molecule has 9 heteroatoms. The van der Waals surface area contributed by atoms with Crippen LogP contribution in [-0.4, -0.2) is 21.7 Å². The van der Waals surface area contributed by atoms with Crippen molar-refractivity contribution in [3.8, 4) is 0 Å². The zero-order valence-electron chi connectivity index (χ0n) is 11.3. The van der Waals surface area contributed by atoms with E-state index in [0.29, 0.717) is 0 Å². The summed E-state index contributed by atoms with van der Waals surface area (Å²) in [6.45, 7) is 0. The average molecular weight is 313 g/mol. The Hall–Kier alpha value is -3.62. The second-order valence-electron chi connectivity index (χ2n) is 4.68. The Morgan fingerprint density at radius 2 is 1.48 bits per heavy atom. The molecule has 3 rings (SSSR count). The number of hydrogen-bond acceptors (Lipinski definition) is 6. The molecule has 2 amide bonds. The number of hydrogen-bond donors (Lipinski definition) is 0. The summed E-state index contributed by atoms with van der Waals surface area (Å²) >= 11 is 0. The SMILES string of the molecule is O=C1c2cccc([N+](=O)[O-])c2C(=O)N1c1ccc([N+](=O)[O-])cc1. The van der Waals surface area contributed by atoms with Crippen LogP contribution in [0.5, 0.6) is 0 Å². The molecule has 1 heterocycles. The van der Waals surface area contributed by atoms with Gasteiger partial charge in [-0.2, -0.15) is 0 Å². The van der Waals surface area contributed by atoms with Crippen molar-refractivity contribution in [3.63, 3.8) is 0 Å². The number of amides is 2. The van der Waals surface area contributed by atoms with E-state index in [0.717, 1.165) is 23.1 Å². The van der Waals surface area contributed by atoms with Crippen molar-refractivity contribution >= 4 is 28.9 Å². The van der Waals surface area contributed by atoms with Crippen LogP contribution in [-0.2, 0) is 0 Å². The van der Waals surface area contributed by atoms with Gasteiger partial charge in [0.15, 0.2) is 0 Å². The minimum absolute atomic E-state index is 0.0671. The van der Waals surface area contributed by atoms with Gasteiger partial charge in [-0.15, -0.1) is 0 Å². The highest BCUT2D eigenvalue weighted by molar-refractivity contribution is 6.35. The molecular formula is C14H7N3O6. The molecule has 0 fully saturated rings. The standard InChI is InChI=1S/C14H7N3O6/c18-13-10-2-1-3-11(17(22)23)12(10)14(19)15(13)8-4-6-9(7-5-8)16(20)21/h1-7H. The van der Waals surface area contributed by atoms with Gasteiger partial charge in [-0.05, 0) is 18.2 Å². The molecule has 0 bridgehead atoms. The molecule has 1 aliphatic heterocycles. The summed E-state index contributed by atoms with van der Waals surface area (Å²) in [5.74, 6) is -1.53. The molecule has 9 nitrogen and oxygen atoms in total. The number of imide groups is 1. The van der Waals surface area contributed by atoms with E-state index in [4.69, 9.17) is 0 Å². The summed E-state index contributed by atoms with van der Waals surface area (Å²) in [6, 6.07) is 8.57. The molecule has 1 aliphatic rings. The number of anilines is 1. The van der Waals surface area contributed by atoms with E-state index < -0.39 is 27.3 Å². The summed E-state index contributed by atoms with van der Waals surface area (Å²) in [4.78, 5) is 45.9. The Morgan fingerprint density at radius 1 is 0.826 bits per heavy atom. The lowest BCUT2D eigenvalue weighted by Crippen LogP contribution is -2.29. The monoisotopic (exact) mass is 313 g/mol. The van der Waals surface area contributed by atoms with Crippen molar-refractivity contribution in [1.82, 2.24) is 0 Å². The lowest BCUT2D eigenvalue weighted by Gasteiger charge is -2.13. The Morgan fingerprint density at radius 3 is 2.04 bits per heavy atom. The fourth-order valence-electron chi connectivity index (χ4n) is 2.38. The van der Waals surface area contributed by atoms with Gasteiger partial charge in [0.05, 0.1) is 21.1 Å². The summed E-state index contributed by atoms with van der Waals surface area (Å²) in [5.41, 5.74) is -0.888. The Bertz CT molecular complexity index is 875. The van der Waals surface area contributed by atoms with Gasteiger partial charge < -0.3 is 0 Å². The van der Waals surface area contributed by atoms with Crippen molar-refractivity contribution in [1.29, 1.82) is 0 Å². The summed E-state index contributed by atoms with van der Waals surface area (Å²) in [7, 11) is 0. The van der Waals surface area contributed by atoms with E-state index in [2.05, 4.69) is 0 Å². The molecule has 0 saturated carbocycles. The van der Waals surface area contributed by atoms with Crippen molar-refractivity contribution in [2.45, 2.75) is 0 Å². The fraction of sp³-hybridized carbons (Fsp3) is 0.